The van der Waals surface area contributed by atoms with Gasteiger partial charge in [0.15, 0.2) is 0 Å². The molecule has 56 heavy (non-hydrogen) atoms. The molecule has 0 aromatic heterocycles. The van der Waals surface area contributed by atoms with Crippen LogP contribution in [0.25, 0.3) is 0 Å². The van der Waals surface area contributed by atoms with Crippen LogP contribution in [0.15, 0.2) is 0 Å². The summed E-state index contributed by atoms with van der Waals surface area (Å²) >= 11 is 0. The van der Waals surface area contributed by atoms with Crippen LogP contribution in [0, 0.1) is 0 Å². The summed E-state index contributed by atoms with van der Waals surface area (Å²) in [5.41, 5.74) is 0. The number of unbranched alkanes of at least 4 members (excludes halogenated alkanes) is 42. The van der Waals surface area contributed by atoms with Gasteiger partial charge in [0.2, 0.25) is 5.91 Å². The number of carbonyl (C=O) groups excluding carboxylic acids is 1. The first-order chi connectivity index (χ1) is 27.7. The lowest BCUT2D eigenvalue weighted by Crippen LogP contribution is -2.45. The van der Waals surface area contributed by atoms with Gasteiger partial charge in [0.1, 0.15) is 0 Å². The summed E-state index contributed by atoms with van der Waals surface area (Å²) in [6.45, 7) is 4.36. The van der Waals surface area contributed by atoms with Crippen molar-refractivity contribution in [3.8, 4) is 0 Å². The SMILES string of the molecule is CCCCCCCCCCCCCCCCCCCCCCCCCCCCCCCCCCCCCC(=O)NC(CO)C(O)CCCCCCCCCCC. The van der Waals surface area contributed by atoms with Crippen LogP contribution in [-0.4, -0.2) is 34.9 Å². The van der Waals surface area contributed by atoms with Crippen LogP contribution >= 0.6 is 0 Å². The number of carbonyl (C=O) groups is 1. The molecule has 0 fully saturated rings. The molecule has 0 radical (unpaired) electrons. The number of hydrogen-bond donors (Lipinski definition) is 3. The van der Waals surface area contributed by atoms with Gasteiger partial charge in [-0.1, -0.05) is 290 Å². The molecule has 0 aliphatic rings. The Morgan fingerprint density at radius 2 is 0.571 bits per heavy atom. The van der Waals surface area contributed by atoms with Crippen LogP contribution in [0.3, 0.4) is 0 Å². The molecule has 0 heterocycles. The van der Waals surface area contributed by atoms with Crippen LogP contribution in [0.4, 0.5) is 0 Å². The fraction of sp³-hybridized carbons (Fsp3) is 0.981. The molecule has 4 heteroatoms. The van der Waals surface area contributed by atoms with Gasteiger partial charge in [0.05, 0.1) is 18.8 Å². The Kier molecular flexibility index (Phi) is 48.2. The van der Waals surface area contributed by atoms with Crippen molar-refractivity contribution >= 4 is 5.91 Å². The van der Waals surface area contributed by atoms with E-state index < -0.39 is 12.1 Å². The van der Waals surface area contributed by atoms with Gasteiger partial charge in [-0.05, 0) is 12.8 Å². The van der Waals surface area contributed by atoms with Crippen molar-refractivity contribution in [2.75, 3.05) is 6.61 Å². The van der Waals surface area contributed by atoms with Gasteiger partial charge in [0, 0.05) is 6.42 Å². The highest BCUT2D eigenvalue weighted by atomic mass is 16.3. The topological polar surface area (TPSA) is 69.6 Å². The summed E-state index contributed by atoms with van der Waals surface area (Å²) in [6.07, 6.45) is 61.1. The molecule has 4 nitrogen and oxygen atoms in total. The van der Waals surface area contributed by atoms with Crippen LogP contribution in [-0.2, 0) is 4.79 Å². The molecule has 0 saturated carbocycles. The fourth-order valence-electron chi connectivity index (χ4n) is 8.60. The molecule has 0 aromatic carbocycles. The minimum absolute atomic E-state index is 0.0266. The Hall–Kier alpha value is -0.610. The monoisotopic (exact) mass is 792 g/mol. The largest absolute Gasteiger partial charge is 0.394 e. The molecule has 2 atom stereocenters. The predicted octanol–water partition coefficient (Wildman–Crippen LogP) is 16.8. The van der Waals surface area contributed by atoms with E-state index in [0.29, 0.717) is 12.8 Å². The van der Waals surface area contributed by atoms with Gasteiger partial charge in [-0.15, -0.1) is 0 Å². The van der Waals surface area contributed by atoms with E-state index in [2.05, 4.69) is 19.2 Å². The van der Waals surface area contributed by atoms with E-state index in [-0.39, 0.29) is 12.5 Å². The zero-order valence-electron chi connectivity index (χ0n) is 38.7. The first-order valence-corrected chi connectivity index (χ1v) is 26.2. The average Bonchev–Trinajstić information content (AvgIpc) is 3.20. The highest BCUT2D eigenvalue weighted by molar-refractivity contribution is 5.76. The summed E-state index contributed by atoms with van der Waals surface area (Å²) in [5.74, 6) is -0.0266. The number of hydrogen-bond acceptors (Lipinski definition) is 3. The minimum Gasteiger partial charge on any atom is -0.394 e. The van der Waals surface area contributed by atoms with E-state index in [1.54, 1.807) is 0 Å². The number of nitrogens with one attached hydrogen (secondary N) is 1. The molecule has 0 aromatic rings. The van der Waals surface area contributed by atoms with Crippen LogP contribution in [0.1, 0.15) is 309 Å². The molecular weight excluding hydrogens is 687 g/mol. The minimum atomic E-state index is -0.651. The highest BCUT2D eigenvalue weighted by Crippen LogP contribution is 2.18. The van der Waals surface area contributed by atoms with E-state index in [0.717, 1.165) is 25.7 Å². The van der Waals surface area contributed by atoms with E-state index in [1.165, 1.54) is 257 Å². The lowest BCUT2D eigenvalue weighted by atomic mass is 10.0. The lowest BCUT2D eigenvalue weighted by molar-refractivity contribution is -0.123. The first kappa shape index (κ1) is 55.4. The highest BCUT2D eigenvalue weighted by Gasteiger charge is 2.20. The Labute approximate surface area is 353 Å². The van der Waals surface area contributed by atoms with Crippen molar-refractivity contribution in [3.05, 3.63) is 0 Å². The molecule has 0 saturated heterocycles. The molecule has 0 spiro atoms. The number of aliphatic hydroxyl groups excluding tert-OH is 2. The summed E-state index contributed by atoms with van der Waals surface area (Å²) in [4.78, 5) is 12.4. The van der Waals surface area contributed by atoms with Crippen molar-refractivity contribution in [2.45, 2.75) is 321 Å². The second kappa shape index (κ2) is 48.8. The Balaban J connectivity index is 3.30. The van der Waals surface area contributed by atoms with Crippen molar-refractivity contribution in [2.24, 2.45) is 0 Å². The lowest BCUT2D eigenvalue weighted by Gasteiger charge is -2.22. The van der Waals surface area contributed by atoms with Gasteiger partial charge in [-0.25, -0.2) is 0 Å². The quantitative estimate of drug-likeness (QED) is 0.0538. The van der Waals surface area contributed by atoms with Crippen molar-refractivity contribution < 1.29 is 15.0 Å². The molecule has 1 amide bonds. The molecule has 0 bridgehead atoms. The fourth-order valence-corrected chi connectivity index (χ4v) is 8.60. The molecule has 336 valence electrons. The molecule has 0 aliphatic carbocycles. The maximum absolute atomic E-state index is 12.4. The molecule has 0 rings (SSSR count). The van der Waals surface area contributed by atoms with Crippen LogP contribution < -0.4 is 5.32 Å². The van der Waals surface area contributed by atoms with Crippen molar-refractivity contribution in [1.29, 1.82) is 0 Å². The zero-order chi connectivity index (χ0) is 40.7. The summed E-state index contributed by atoms with van der Waals surface area (Å²) < 4.78 is 0. The third kappa shape index (κ3) is 44.5. The molecule has 2 unspecified atom stereocenters. The van der Waals surface area contributed by atoms with Crippen molar-refractivity contribution in [1.82, 2.24) is 5.32 Å². The standard InChI is InChI=1S/C52H105NO3/c1-3-5-7-9-11-13-14-15-16-17-18-19-20-21-22-23-24-25-26-27-28-29-30-31-32-33-34-35-36-37-38-40-42-44-46-48-52(56)53-50(49-54)51(55)47-45-43-41-39-12-10-8-6-4-2/h50-51,54-55H,3-49H2,1-2H3,(H,53,56). The summed E-state index contributed by atoms with van der Waals surface area (Å²) in [6, 6.07) is -0.528. The van der Waals surface area contributed by atoms with Crippen LogP contribution in [0.5, 0.6) is 0 Å². The maximum Gasteiger partial charge on any atom is 0.220 e. The second-order valence-corrected chi connectivity index (χ2v) is 18.3. The molecular formula is C52H105NO3. The molecule has 0 aliphatic heterocycles. The number of aliphatic hydroxyl groups is 2. The number of rotatable bonds is 49. The normalized spacial score (nSPS) is 12.7. The molecule has 3 N–H and O–H groups in total. The predicted molar refractivity (Wildman–Crippen MR) is 249 cm³/mol. The van der Waals surface area contributed by atoms with Gasteiger partial charge in [-0.3, -0.25) is 4.79 Å². The summed E-state index contributed by atoms with van der Waals surface area (Å²) in [7, 11) is 0. The van der Waals surface area contributed by atoms with E-state index >= 15 is 0 Å². The zero-order valence-corrected chi connectivity index (χ0v) is 38.7. The third-order valence-electron chi connectivity index (χ3n) is 12.6. The van der Waals surface area contributed by atoms with E-state index in [4.69, 9.17) is 0 Å². The van der Waals surface area contributed by atoms with Gasteiger partial charge < -0.3 is 15.5 Å². The van der Waals surface area contributed by atoms with Crippen molar-refractivity contribution in [3.63, 3.8) is 0 Å². The van der Waals surface area contributed by atoms with Gasteiger partial charge >= 0.3 is 0 Å². The van der Waals surface area contributed by atoms with E-state index in [9.17, 15) is 15.0 Å². The van der Waals surface area contributed by atoms with Gasteiger partial charge in [0.25, 0.3) is 0 Å². The van der Waals surface area contributed by atoms with Gasteiger partial charge in [-0.2, -0.15) is 0 Å². The Morgan fingerprint density at radius 3 is 0.804 bits per heavy atom. The smallest absolute Gasteiger partial charge is 0.220 e. The number of amides is 1. The third-order valence-corrected chi connectivity index (χ3v) is 12.6. The second-order valence-electron chi connectivity index (χ2n) is 18.3. The van der Waals surface area contributed by atoms with E-state index in [1.807, 2.05) is 0 Å². The Bertz CT molecular complexity index is 729. The van der Waals surface area contributed by atoms with Crippen LogP contribution in [0.2, 0.25) is 0 Å². The summed E-state index contributed by atoms with van der Waals surface area (Å²) in [5, 5.41) is 23.1. The first-order valence-electron chi connectivity index (χ1n) is 26.2. The maximum atomic E-state index is 12.4. The average molecular weight is 792 g/mol. The Morgan fingerprint density at radius 1 is 0.357 bits per heavy atom.